The maximum absolute atomic E-state index is 13.4. The fraction of sp³-hybridized carbons (Fsp3) is 0.481. The number of halogens is 1. The van der Waals surface area contributed by atoms with Crippen LogP contribution in [0.25, 0.3) is 0 Å². The van der Waals surface area contributed by atoms with Crippen molar-refractivity contribution in [3.8, 4) is 5.75 Å². The lowest BCUT2D eigenvalue weighted by molar-refractivity contribution is -0.153. The third-order valence-electron chi connectivity index (χ3n) is 6.64. The molecule has 35 heavy (non-hydrogen) atoms. The Balaban J connectivity index is 1.53. The van der Waals surface area contributed by atoms with Gasteiger partial charge in [-0.15, -0.1) is 0 Å². The quantitative estimate of drug-likeness (QED) is 0.603. The second-order valence-electron chi connectivity index (χ2n) is 9.56. The van der Waals surface area contributed by atoms with Gasteiger partial charge in [0.2, 0.25) is 5.91 Å². The molecule has 188 valence electrons. The standard InChI is InChI=1S/C27H34FN3O4/c1-29(2)23-8-6-7-21(17-23)26(33)31-15-16-35-27(19-31,18-25(32)30-13-4-3-5-14-30)20-34-24-11-9-22(28)10-12-24/h6-12,17H,3-5,13-16,18-20H2,1-2H3. The Hall–Kier alpha value is -3.13. The molecule has 8 heteroatoms. The van der Waals surface area contributed by atoms with E-state index < -0.39 is 5.60 Å². The van der Waals surface area contributed by atoms with Gasteiger partial charge in [0.05, 0.1) is 19.6 Å². The summed E-state index contributed by atoms with van der Waals surface area (Å²) >= 11 is 0. The molecule has 0 radical (unpaired) electrons. The van der Waals surface area contributed by atoms with Crippen LogP contribution in [0, 0.1) is 5.82 Å². The minimum Gasteiger partial charge on any atom is -0.490 e. The molecule has 0 spiro atoms. The Bertz CT molecular complexity index is 1020. The SMILES string of the molecule is CN(C)c1cccc(C(=O)N2CCOC(COc3ccc(F)cc3)(CC(=O)N3CCCCC3)C2)c1. The molecule has 2 aromatic rings. The summed E-state index contributed by atoms with van der Waals surface area (Å²) in [5.74, 6) is 0.0461. The van der Waals surface area contributed by atoms with Gasteiger partial charge < -0.3 is 24.2 Å². The van der Waals surface area contributed by atoms with Gasteiger partial charge in [-0.3, -0.25) is 9.59 Å². The summed E-state index contributed by atoms with van der Waals surface area (Å²) in [6.07, 6.45) is 3.25. The smallest absolute Gasteiger partial charge is 0.254 e. The fourth-order valence-electron chi connectivity index (χ4n) is 4.64. The zero-order valence-corrected chi connectivity index (χ0v) is 20.5. The number of piperidine rings is 1. The zero-order valence-electron chi connectivity index (χ0n) is 20.5. The van der Waals surface area contributed by atoms with Crippen molar-refractivity contribution in [2.45, 2.75) is 31.3 Å². The molecule has 2 aliphatic rings. The van der Waals surface area contributed by atoms with Crippen molar-refractivity contribution in [1.29, 1.82) is 0 Å². The van der Waals surface area contributed by atoms with Gasteiger partial charge in [0, 0.05) is 45.0 Å². The Morgan fingerprint density at radius 1 is 1.03 bits per heavy atom. The lowest BCUT2D eigenvalue weighted by Gasteiger charge is -2.43. The van der Waals surface area contributed by atoms with Crippen LogP contribution in [0.15, 0.2) is 48.5 Å². The van der Waals surface area contributed by atoms with Crippen LogP contribution in [-0.4, -0.2) is 80.7 Å². The highest BCUT2D eigenvalue weighted by Crippen LogP contribution is 2.28. The first kappa shape index (κ1) is 25.0. The minimum absolute atomic E-state index is 0.0105. The van der Waals surface area contributed by atoms with Gasteiger partial charge >= 0.3 is 0 Å². The van der Waals surface area contributed by atoms with Crippen LogP contribution in [0.4, 0.5) is 10.1 Å². The number of amides is 2. The first-order valence-electron chi connectivity index (χ1n) is 12.2. The molecule has 2 amide bonds. The van der Waals surface area contributed by atoms with Gasteiger partial charge in [0.15, 0.2) is 0 Å². The van der Waals surface area contributed by atoms with E-state index >= 15 is 0 Å². The number of carbonyl (C=O) groups excluding carboxylic acids is 2. The molecule has 1 atom stereocenters. The molecule has 2 fully saturated rings. The van der Waals surface area contributed by atoms with Crippen LogP contribution < -0.4 is 9.64 Å². The Morgan fingerprint density at radius 2 is 1.77 bits per heavy atom. The second-order valence-corrected chi connectivity index (χ2v) is 9.56. The number of hydrogen-bond donors (Lipinski definition) is 0. The fourth-order valence-corrected chi connectivity index (χ4v) is 4.64. The second kappa shape index (κ2) is 11.1. The molecule has 2 heterocycles. The van der Waals surface area contributed by atoms with Gasteiger partial charge in [-0.1, -0.05) is 6.07 Å². The van der Waals surface area contributed by atoms with Gasteiger partial charge in [0.1, 0.15) is 23.8 Å². The average Bonchev–Trinajstić information content (AvgIpc) is 2.88. The third kappa shape index (κ3) is 6.31. The average molecular weight is 484 g/mol. The van der Waals surface area contributed by atoms with Gasteiger partial charge in [-0.2, -0.15) is 0 Å². The Morgan fingerprint density at radius 3 is 2.49 bits per heavy atom. The van der Waals surface area contributed by atoms with Crippen molar-refractivity contribution in [3.63, 3.8) is 0 Å². The third-order valence-corrected chi connectivity index (χ3v) is 6.64. The van der Waals surface area contributed by atoms with Crippen LogP contribution >= 0.6 is 0 Å². The van der Waals surface area contributed by atoms with Gasteiger partial charge in [-0.05, 0) is 61.7 Å². The van der Waals surface area contributed by atoms with Crippen LogP contribution in [0.2, 0.25) is 0 Å². The van der Waals surface area contributed by atoms with E-state index in [0.29, 0.717) is 24.5 Å². The predicted molar refractivity (Wildman–Crippen MR) is 132 cm³/mol. The van der Waals surface area contributed by atoms with E-state index in [9.17, 15) is 14.0 Å². The van der Waals surface area contributed by atoms with E-state index in [1.165, 1.54) is 12.1 Å². The lowest BCUT2D eigenvalue weighted by atomic mass is 9.95. The number of anilines is 1. The van der Waals surface area contributed by atoms with E-state index in [-0.39, 0.29) is 37.2 Å². The summed E-state index contributed by atoms with van der Waals surface area (Å²) in [4.78, 5) is 32.2. The number of ether oxygens (including phenoxy) is 2. The molecule has 0 bridgehead atoms. The number of hydrogen-bond acceptors (Lipinski definition) is 5. The zero-order chi connectivity index (χ0) is 24.8. The van der Waals surface area contributed by atoms with Crippen molar-refractivity contribution in [2.24, 2.45) is 0 Å². The van der Waals surface area contributed by atoms with E-state index in [2.05, 4.69) is 0 Å². The predicted octanol–water partition coefficient (Wildman–Crippen LogP) is 3.58. The number of carbonyl (C=O) groups is 2. The number of likely N-dealkylation sites (tertiary alicyclic amines) is 1. The van der Waals surface area contributed by atoms with Gasteiger partial charge in [-0.25, -0.2) is 4.39 Å². The van der Waals surface area contributed by atoms with Crippen molar-refractivity contribution in [3.05, 3.63) is 59.9 Å². The van der Waals surface area contributed by atoms with E-state index in [1.807, 2.05) is 42.1 Å². The van der Waals surface area contributed by atoms with Gasteiger partial charge in [0.25, 0.3) is 5.91 Å². The summed E-state index contributed by atoms with van der Waals surface area (Å²) in [6, 6.07) is 13.3. The molecule has 2 saturated heterocycles. The summed E-state index contributed by atoms with van der Waals surface area (Å²) in [6.45, 7) is 2.54. The van der Waals surface area contributed by atoms with E-state index in [1.54, 1.807) is 23.1 Å². The van der Waals surface area contributed by atoms with Crippen LogP contribution in [0.1, 0.15) is 36.0 Å². The van der Waals surface area contributed by atoms with Crippen molar-refractivity contribution >= 4 is 17.5 Å². The highest BCUT2D eigenvalue weighted by Gasteiger charge is 2.42. The van der Waals surface area contributed by atoms with Crippen molar-refractivity contribution < 1.29 is 23.5 Å². The summed E-state index contributed by atoms with van der Waals surface area (Å²) in [5, 5.41) is 0. The minimum atomic E-state index is -0.990. The maximum Gasteiger partial charge on any atom is 0.254 e. The molecular weight excluding hydrogens is 449 g/mol. The van der Waals surface area contributed by atoms with Crippen LogP contribution in [-0.2, 0) is 9.53 Å². The van der Waals surface area contributed by atoms with Crippen molar-refractivity contribution in [1.82, 2.24) is 9.80 Å². The largest absolute Gasteiger partial charge is 0.490 e. The number of nitrogens with zero attached hydrogens (tertiary/aromatic N) is 3. The van der Waals surface area contributed by atoms with E-state index in [4.69, 9.17) is 9.47 Å². The molecule has 0 aliphatic carbocycles. The summed E-state index contributed by atoms with van der Waals surface area (Å²) in [7, 11) is 3.87. The number of benzene rings is 2. The number of rotatable bonds is 7. The topological polar surface area (TPSA) is 62.3 Å². The normalized spacial score (nSPS) is 20.4. The lowest BCUT2D eigenvalue weighted by Crippen LogP contribution is -2.58. The summed E-state index contributed by atoms with van der Waals surface area (Å²) < 4.78 is 25.5. The maximum atomic E-state index is 13.4. The van der Waals surface area contributed by atoms with Crippen LogP contribution in [0.3, 0.4) is 0 Å². The molecule has 2 aliphatic heterocycles. The Labute approximate surface area is 206 Å². The molecule has 0 aromatic heterocycles. The highest BCUT2D eigenvalue weighted by molar-refractivity contribution is 5.95. The Kier molecular flexibility index (Phi) is 7.90. The van der Waals surface area contributed by atoms with Crippen LogP contribution in [0.5, 0.6) is 5.75 Å². The molecule has 4 rings (SSSR count). The molecule has 1 unspecified atom stereocenters. The van der Waals surface area contributed by atoms with E-state index in [0.717, 1.165) is 38.0 Å². The molecule has 7 nitrogen and oxygen atoms in total. The molecule has 0 saturated carbocycles. The van der Waals surface area contributed by atoms with Crippen molar-refractivity contribution in [2.75, 3.05) is 58.4 Å². The summed E-state index contributed by atoms with van der Waals surface area (Å²) in [5.41, 5.74) is 0.541. The first-order valence-corrected chi connectivity index (χ1v) is 12.2. The molecule has 0 N–H and O–H groups in total. The monoisotopic (exact) mass is 483 g/mol. The number of morpholine rings is 1. The highest BCUT2D eigenvalue weighted by atomic mass is 19.1. The first-order chi connectivity index (χ1) is 16.8. The molecular formula is C27H34FN3O4. The molecule has 2 aromatic carbocycles.